The number of hydrogen-bond acceptors (Lipinski definition) is 3. The van der Waals surface area contributed by atoms with Crippen molar-refractivity contribution in [3.63, 3.8) is 0 Å². The molecule has 4 nitrogen and oxygen atoms in total. The van der Waals surface area contributed by atoms with Gasteiger partial charge in [-0.05, 0) is 59.7 Å². The summed E-state index contributed by atoms with van der Waals surface area (Å²) < 4.78 is 27.4. The molecule has 1 aromatic carbocycles. The molecule has 1 aliphatic rings. The molecule has 0 saturated heterocycles. The van der Waals surface area contributed by atoms with Crippen molar-refractivity contribution in [2.75, 3.05) is 6.61 Å². The van der Waals surface area contributed by atoms with Crippen molar-refractivity contribution in [1.82, 2.24) is 4.72 Å². The number of hydrogen-bond donors (Lipinski definition) is 2. The zero-order chi connectivity index (χ0) is 11.8. The molecule has 1 saturated carbocycles. The summed E-state index contributed by atoms with van der Waals surface area (Å²) in [4.78, 5) is 0.243. The lowest BCUT2D eigenvalue weighted by atomic mass is 10.3. The Kier molecular flexibility index (Phi) is 3.26. The van der Waals surface area contributed by atoms with Crippen LogP contribution >= 0.6 is 22.6 Å². The van der Waals surface area contributed by atoms with Gasteiger partial charge >= 0.3 is 0 Å². The van der Waals surface area contributed by atoms with Gasteiger partial charge in [-0.3, -0.25) is 0 Å². The Morgan fingerprint density at radius 1 is 1.31 bits per heavy atom. The van der Waals surface area contributed by atoms with E-state index in [-0.39, 0.29) is 11.5 Å². The molecule has 0 aromatic heterocycles. The second kappa shape index (κ2) is 4.25. The smallest absolute Gasteiger partial charge is 0.241 e. The molecule has 2 rings (SSSR count). The number of nitrogens with one attached hydrogen (secondary N) is 1. The highest BCUT2D eigenvalue weighted by molar-refractivity contribution is 14.1. The lowest BCUT2D eigenvalue weighted by Gasteiger charge is -2.14. The minimum Gasteiger partial charge on any atom is -0.394 e. The van der Waals surface area contributed by atoms with Crippen LogP contribution in [-0.4, -0.2) is 25.7 Å². The van der Waals surface area contributed by atoms with Crippen LogP contribution in [0, 0.1) is 3.57 Å². The minimum absolute atomic E-state index is 0.142. The van der Waals surface area contributed by atoms with E-state index in [0.29, 0.717) is 12.8 Å². The number of aliphatic hydroxyl groups is 1. The van der Waals surface area contributed by atoms with Crippen molar-refractivity contribution < 1.29 is 13.5 Å². The van der Waals surface area contributed by atoms with Crippen molar-refractivity contribution in [3.05, 3.63) is 27.8 Å². The highest BCUT2D eigenvalue weighted by Gasteiger charge is 2.45. The van der Waals surface area contributed by atoms with Crippen LogP contribution in [0.2, 0.25) is 0 Å². The summed E-state index contributed by atoms with van der Waals surface area (Å²) in [6.45, 7) is -0.142. The second-order valence-corrected chi connectivity index (χ2v) is 6.93. The average molecular weight is 353 g/mol. The molecule has 0 unspecified atom stereocenters. The lowest BCUT2D eigenvalue weighted by molar-refractivity contribution is 0.246. The van der Waals surface area contributed by atoms with Crippen molar-refractivity contribution in [2.24, 2.45) is 0 Å². The molecule has 1 fully saturated rings. The van der Waals surface area contributed by atoms with Gasteiger partial charge < -0.3 is 5.11 Å². The third-order valence-electron chi connectivity index (χ3n) is 2.63. The van der Waals surface area contributed by atoms with E-state index in [4.69, 9.17) is 5.11 Å². The highest BCUT2D eigenvalue weighted by Crippen LogP contribution is 2.36. The third kappa shape index (κ3) is 2.55. The van der Waals surface area contributed by atoms with E-state index in [0.717, 1.165) is 3.57 Å². The van der Waals surface area contributed by atoms with E-state index in [1.807, 2.05) is 0 Å². The molecule has 88 valence electrons. The highest BCUT2D eigenvalue weighted by atomic mass is 127. The average Bonchev–Trinajstić information content (AvgIpc) is 2.98. The van der Waals surface area contributed by atoms with Crippen molar-refractivity contribution in [1.29, 1.82) is 0 Å². The molecule has 2 N–H and O–H groups in total. The molecule has 0 aliphatic heterocycles. The van der Waals surface area contributed by atoms with Crippen LogP contribution in [0.25, 0.3) is 0 Å². The Bertz CT molecular complexity index is 479. The van der Waals surface area contributed by atoms with Crippen LogP contribution in [0.15, 0.2) is 29.2 Å². The number of halogens is 1. The summed E-state index contributed by atoms with van der Waals surface area (Å²) in [7, 11) is -3.50. The molecule has 0 heterocycles. The summed E-state index contributed by atoms with van der Waals surface area (Å²) >= 11 is 2.12. The predicted octanol–water partition coefficient (Wildman–Crippen LogP) is 1.09. The molecule has 0 amide bonds. The first-order valence-electron chi connectivity index (χ1n) is 4.88. The van der Waals surface area contributed by atoms with Gasteiger partial charge in [0.2, 0.25) is 10.0 Å². The molecular formula is C10H12INO3S. The van der Waals surface area contributed by atoms with Gasteiger partial charge in [0, 0.05) is 3.57 Å². The predicted molar refractivity (Wildman–Crippen MR) is 68.5 cm³/mol. The number of sulfonamides is 1. The van der Waals surface area contributed by atoms with E-state index >= 15 is 0 Å². The van der Waals surface area contributed by atoms with Crippen LogP contribution in [-0.2, 0) is 10.0 Å². The Balaban J connectivity index is 2.22. The summed E-state index contributed by atoms with van der Waals surface area (Å²) in [5.41, 5.74) is -0.609. The molecule has 0 bridgehead atoms. The second-order valence-electron chi connectivity index (χ2n) is 4.00. The zero-order valence-corrected chi connectivity index (χ0v) is 11.5. The fraction of sp³-hybridized carbons (Fsp3) is 0.400. The third-order valence-corrected chi connectivity index (χ3v) is 4.94. The minimum atomic E-state index is -3.50. The van der Waals surface area contributed by atoms with E-state index < -0.39 is 15.6 Å². The number of benzene rings is 1. The fourth-order valence-electron chi connectivity index (χ4n) is 1.40. The zero-order valence-electron chi connectivity index (χ0n) is 8.48. The molecule has 16 heavy (non-hydrogen) atoms. The first-order chi connectivity index (χ1) is 7.47. The summed E-state index contributed by atoms with van der Waals surface area (Å²) in [5.74, 6) is 0. The standard InChI is InChI=1S/C10H12INO3S/c11-8-1-3-9(4-2-8)16(14,15)12-10(7-13)5-6-10/h1-4,12-13H,5-7H2. The SMILES string of the molecule is O=S(=O)(NC1(CO)CC1)c1ccc(I)cc1. The van der Waals surface area contributed by atoms with Crippen LogP contribution in [0.5, 0.6) is 0 Å². The van der Waals surface area contributed by atoms with Crippen LogP contribution in [0.3, 0.4) is 0 Å². The van der Waals surface area contributed by atoms with Crippen LogP contribution in [0.4, 0.5) is 0 Å². The van der Waals surface area contributed by atoms with Gasteiger partial charge in [-0.2, -0.15) is 0 Å². The van der Waals surface area contributed by atoms with E-state index in [1.165, 1.54) is 0 Å². The molecule has 1 aliphatic carbocycles. The Morgan fingerprint density at radius 3 is 2.31 bits per heavy atom. The van der Waals surface area contributed by atoms with Gasteiger partial charge in [0.15, 0.2) is 0 Å². The van der Waals surface area contributed by atoms with E-state index in [1.54, 1.807) is 24.3 Å². The summed E-state index contributed by atoms with van der Waals surface area (Å²) in [6.07, 6.45) is 1.40. The van der Waals surface area contributed by atoms with Gasteiger partial charge in [-0.15, -0.1) is 0 Å². The first kappa shape index (κ1) is 12.3. The van der Waals surface area contributed by atoms with Crippen LogP contribution < -0.4 is 4.72 Å². The Hall–Kier alpha value is -0.180. The van der Waals surface area contributed by atoms with E-state index in [2.05, 4.69) is 27.3 Å². The molecular weight excluding hydrogens is 341 g/mol. The van der Waals surface area contributed by atoms with Gasteiger partial charge in [0.1, 0.15) is 0 Å². The molecule has 0 radical (unpaired) electrons. The monoisotopic (exact) mass is 353 g/mol. The topological polar surface area (TPSA) is 66.4 Å². The lowest BCUT2D eigenvalue weighted by Crippen LogP contribution is -2.39. The van der Waals surface area contributed by atoms with Gasteiger partial charge in [-0.1, -0.05) is 0 Å². The van der Waals surface area contributed by atoms with Crippen molar-refractivity contribution in [2.45, 2.75) is 23.3 Å². The maximum atomic E-state index is 11.9. The number of rotatable bonds is 4. The van der Waals surface area contributed by atoms with Crippen molar-refractivity contribution in [3.8, 4) is 0 Å². The van der Waals surface area contributed by atoms with Gasteiger partial charge in [0.05, 0.1) is 17.0 Å². The molecule has 6 heteroatoms. The largest absolute Gasteiger partial charge is 0.394 e. The van der Waals surface area contributed by atoms with E-state index in [9.17, 15) is 8.42 Å². The Labute approximate surface area is 108 Å². The maximum Gasteiger partial charge on any atom is 0.241 e. The molecule has 0 spiro atoms. The van der Waals surface area contributed by atoms with Crippen LogP contribution in [0.1, 0.15) is 12.8 Å². The first-order valence-corrected chi connectivity index (χ1v) is 7.44. The maximum absolute atomic E-state index is 11.9. The summed E-state index contributed by atoms with van der Waals surface area (Å²) in [6, 6.07) is 6.62. The van der Waals surface area contributed by atoms with Crippen molar-refractivity contribution >= 4 is 32.6 Å². The number of aliphatic hydroxyl groups excluding tert-OH is 1. The normalized spacial score (nSPS) is 18.4. The summed E-state index contributed by atoms with van der Waals surface area (Å²) in [5, 5.41) is 9.08. The Morgan fingerprint density at radius 2 is 1.88 bits per heavy atom. The molecule has 1 aromatic rings. The van der Waals surface area contributed by atoms with Gasteiger partial charge in [-0.25, -0.2) is 13.1 Å². The fourth-order valence-corrected chi connectivity index (χ4v) is 3.21. The van der Waals surface area contributed by atoms with Gasteiger partial charge in [0.25, 0.3) is 0 Å². The molecule has 0 atom stereocenters. The quantitative estimate of drug-likeness (QED) is 0.797.